The summed E-state index contributed by atoms with van der Waals surface area (Å²) in [5.74, 6) is 1.95. The normalized spacial score (nSPS) is 19.2. The Morgan fingerprint density at radius 1 is 1.38 bits per heavy atom. The van der Waals surface area contributed by atoms with Gasteiger partial charge < -0.3 is 15.0 Å². The molecule has 114 valence electrons. The van der Waals surface area contributed by atoms with E-state index in [9.17, 15) is 4.79 Å². The second kappa shape index (κ2) is 6.39. The summed E-state index contributed by atoms with van der Waals surface area (Å²) in [6.45, 7) is 5.54. The van der Waals surface area contributed by atoms with Crippen molar-refractivity contribution in [3.63, 3.8) is 0 Å². The maximum Gasteiger partial charge on any atom is 0.223 e. The van der Waals surface area contributed by atoms with E-state index in [1.54, 1.807) is 0 Å². The van der Waals surface area contributed by atoms with Crippen LogP contribution in [0.1, 0.15) is 30.8 Å². The summed E-state index contributed by atoms with van der Waals surface area (Å²) >= 11 is 0. The van der Waals surface area contributed by atoms with Crippen molar-refractivity contribution in [2.75, 3.05) is 31.2 Å². The molecule has 1 aromatic heterocycles. The van der Waals surface area contributed by atoms with Gasteiger partial charge in [-0.25, -0.2) is 9.97 Å². The largest absolute Gasteiger partial charge is 0.378 e. The summed E-state index contributed by atoms with van der Waals surface area (Å²) in [5.41, 5.74) is 0.930. The Labute approximate surface area is 124 Å². The third-order valence-corrected chi connectivity index (χ3v) is 4.12. The van der Waals surface area contributed by atoms with Crippen LogP contribution in [-0.4, -0.2) is 42.2 Å². The van der Waals surface area contributed by atoms with Crippen molar-refractivity contribution >= 4 is 11.7 Å². The van der Waals surface area contributed by atoms with E-state index in [-0.39, 0.29) is 11.8 Å². The van der Waals surface area contributed by atoms with Crippen molar-refractivity contribution in [1.29, 1.82) is 0 Å². The van der Waals surface area contributed by atoms with Gasteiger partial charge in [0.15, 0.2) is 0 Å². The molecule has 1 N–H and O–H groups in total. The summed E-state index contributed by atoms with van der Waals surface area (Å²) in [4.78, 5) is 23.1. The van der Waals surface area contributed by atoms with Crippen molar-refractivity contribution in [2.24, 2.45) is 5.92 Å². The third kappa shape index (κ3) is 3.50. The molecular weight excluding hydrogens is 268 g/mol. The van der Waals surface area contributed by atoms with Crippen molar-refractivity contribution in [2.45, 2.75) is 32.7 Å². The number of morpholine rings is 1. The first-order chi connectivity index (χ1) is 10.2. The van der Waals surface area contributed by atoms with Crippen molar-refractivity contribution < 1.29 is 9.53 Å². The standard InChI is InChI=1S/C15H22N4O2/c1-11-9-14(19-5-7-21-8-6-19)18-13(17-11)10-16-15(20)12-3-2-4-12/h9,12H,2-8,10H2,1H3,(H,16,20). The highest BCUT2D eigenvalue weighted by atomic mass is 16.5. The van der Waals surface area contributed by atoms with Crippen LogP contribution in [0, 0.1) is 12.8 Å². The van der Waals surface area contributed by atoms with Gasteiger partial charge in [0.25, 0.3) is 0 Å². The van der Waals surface area contributed by atoms with Gasteiger partial charge in [-0.15, -0.1) is 0 Å². The number of carbonyl (C=O) groups excluding carboxylic acids is 1. The zero-order chi connectivity index (χ0) is 14.7. The molecule has 0 radical (unpaired) electrons. The van der Waals surface area contributed by atoms with Crippen molar-refractivity contribution in [3.8, 4) is 0 Å². The summed E-state index contributed by atoms with van der Waals surface area (Å²) in [6, 6.07) is 1.99. The molecule has 0 bridgehead atoms. The highest BCUT2D eigenvalue weighted by Gasteiger charge is 2.25. The SMILES string of the molecule is Cc1cc(N2CCOCC2)nc(CNC(=O)C2CCC2)n1. The minimum atomic E-state index is 0.138. The predicted molar refractivity (Wildman–Crippen MR) is 79.0 cm³/mol. The van der Waals surface area contributed by atoms with E-state index in [4.69, 9.17) is 4.74 Å². The van der Waals surface area contributed by atoms with E-state index < -0.39 is 0 Å². The van der Waals surface area contributed by atoms with Gasteiger partial charge in [0, 0.05) is 30.8 Å². The Balaban J connectivity index is 1.64. The molecule has 1 saturated carbocycles. The zero-order valence-electron chi connectivity index (χ0n) is 12.5. The fraction of sp³-hybridized carbons (Fsp3) is 0.667. The molecule has 0 spiro atoms. The lowest BCUT2D eigenvalue weighted by Gasteiger charge is -2.28. The number of nitrogens with zero attached hydrogens (tertiary/aromatic N) is 3. The summed E-state index contributed by atoms with van der Waals surface area (Å²) in [5, 5.41) is 2.95. The Bertz CT molecular complexity index is 510. The van der Waals surface area contributed by atoms with Gasteiger partial charge in [0.2, 0.25) is 5.91 Å². The number of hydrogen-bond acceptors (Lipinski definition) is 5. The zero-order valence-corrected chi connectivity index (χ0v) is 12.5. The van der Waals surface area contributed by atoms with Crippen LogP contribution in [0.5, 0.6) is 0 Å². The lowest BCUT2D eigenvalue weighted by molar-refractivity contribution is -0.127. The highest BCUT2D eigenvalue weighted by Crippen LogP contribution is 2.26. The van der Waals surface area contributed by atoms with Gasteiger partial charge in [-0.05, 0) is 19.8 Å². The van der Waals surface area contributed by atoms with Crippen LogP contribution < -0.4 is 10.2 Å². The molecule has 0 aromatic carbocycles. The van der Waals surface area contributed by atoms with Gasteiger partial charge in [-0.2, -0.15) is 0 Å². The molecule has 2 heterocycles. The van der Waals surface area contributed by atoms with Crippen molar-refractivity contribution in [3.05, 3.63) is 17.6 Å². The first-order valence-electron chi connectivity index (χ1n) is 7.67. The Hall–Kier alpha value is -1.69. The number of aromatic nitrogens is 2. The van der Waals surface area contributed by atoms with E-state index in [2.05, 4.69) is 20.2 Å². The number of amides is 1. The monoisotopic (exact) mass is 290 g/mol. The molecule has 21 heavy (non-hydrogen) atoms. The first kappa shape index (κ1) is 14.3. The second-order valence-corrected chi connectivity index (χ2v) is 5.73. The number of nitrogens with one attached hydrogen (secondary N) is 1. The second-order valence-electron chi connectivity index (χ2n) is 5.73. The lowest BCUT2D eigenvalue weighted by atomic mass is 9.85. The molecule has 0 atom stereocenters. The molecular formula is C15H22N4O2. The molecule has 1 aliphatic carbocycles. The van der Waals surface area contributed by atoms with Crippen LogP contribution in [0.4, 0.5) is 5.82 Å². The molecule has 0 unspecified atom stereocenters. The van der Waals surface area contributed by atoms with E-state index in [0.29, 0.717) is 12.4 Å². The van der Waals surface area contributed by atoms with Crippen LogP contribution in [0.15, 0.2) is 6.07 Å². The number of ether oxygens (including phenoxy) is 1. The van der Waals surface area contributed by atoms with E-state index in [0.717, 1.165) is 50.7 Å². The average Bonchev–Trinajstić information content (AvgIpc) is 2.44. The maximum atomic E-state index is 11.9. The highest BCUT2D eigenvalue weighted by molar-refractivity contribution is 5.79. The molecule has 1 saturated heterocycles. The number of carbonyl (C=O) groups is 1. The molecule has 3 rings (SSSR count). The smallest absolute Gasteiger partial charge is 0.223 e. The summed E-state index contributed by atoms with van der Waals surface area (Å²) in [7, 11) is 0. The number of rotatable bonds is 4. The van der Waals surface area contributed by atoms with Crippen molar-refractivity contribution in [1.82, 2.24) is 15.3 Å². The topological polar surface area (TPSA) is 67.3 Å². The van der Waals surface area contributed by atoms with Gasteiger partial charge in [-0.3, -0.25) is 4.79 Å². The van der Waals surface area contributed by atoms with E-state index in [1.165, 1.54) is 6.42 Å². The minimum absolute atomic E-state index is 0.138. The number of hydrogen-bond donors (Lipinski definition) is 1. The van der Waals surface area contributed by atoms with Gasteiger partial charge >= 0.3 is 0 Å². The molecule has 2 aliphatic rings. The van der Waals surface area contributed by atoms with Crippen LogP contribution in [0.3, 0.4) is 0 Å². The van der Waals surface area contributed by atoms with Gasteiger partial charge in [0.05, 0.1) is 19.8 Å². The van der Waals surface area contributed by atoms with Crippen LogP contribution in [-0.2, 0) is 16.1 Å². The Kier molecular flexibility index (Phi) is 4.34. The fourth-order valence-corrected chi connectivity index (χ4v) is 2.63. The Morgan fingerprint density at radius 3 is 2.81 bits per heavy atom. The first-order valence-corrected chi connectivity index (χ1v) is 7.67. The lowest BCUT2D eigenvalue weighted by Crippen LogP contribution is -2.37. The molecule has 6 nitrogen and oxygen atoms in total. The molecule has 2 fully saturated rings. The average molecular weight is 290 g/mol. The maximum absolute atomic E-state index is 11.9. The Morgan fingerprint density at radius 2 is 2.14 bits per heavy atom. The predicted octanol–water partition coefficient (Wildman–Crippen LogP) is 1.04. The molecule has 1 aliphatic heterocycles. The van der Waals surface area contributed by atoms with Crippen LogP contribution >= 0.6 is 0 Å². The van der Waals surface area contributed by atoms with Gasteiger partial charge in [-0.1, -0.05) is 6.42 Å². The summed E-state index contributed by atoms with van der Waals surface area (Å²) in [6.07, 6.45) is 3.19. The minimum Gasteiger partial charge on any atom is -0.378 e. The molecule has 1 amide bonds. The third-order valence-electron chi connectivity index (χ3n) is 4.12. The van der Waals surface area contributed by atoms with E-state index >= 15 is 0 Å². The van der Waals surface area contributed by atoms with Gasteiger partial charge in [0.1, 0.15) is 11.6 Å². The summed E-state index contributed by atoms with van der Waals surface area (Å²) < 4.78 is 5.36. The van der Waals surface area contributed by atoms with Crippen LogP contribution in [0.2, 0.25) is 0 Å². The van der Waals surface area contributed by atoms with Crippen LogP contribution in [0.25, 0.3) is 0 Å². The molecule has 6 heteroatoms. The quantitative estimate of drug-likeness (QED) is 0.897. The van der Waals surface area contributed by atoms with E-state index in [1.807, 2.05) is 13.0 Å². The molecule has 1 aromatic rings. The number of aryl methyl sites for hydroxylation is 1. The number of anilines is 1. The fourth-order valence-electron chi connectivity index (χ4n) is 2.63.